The molecule has 0 aliphatic heterocycles. The van der Waals surface area contributed by atoms with Gasteiger partial charge in [0.15, 0.2) is 0 Å². The molecule has 0 saturated carbocycles. The van der Waals surface area contributed by atoms with Crippen LogP contribution in [0.4, 0.5) is 5.95 Å². The molecule has 0 atom stereocenters. The lowest BCUT2D eigenvalue weighted by Gasteiger charge is -2.02. The molecular formula is C17H17N5O. The number of nitrogens with zero attached hydrogens (tertiary/aromatic N) is 2. The summed E-state index contributed by atoms with van der Waals surface area (Å²) in [4.78, 5) is 21.3. The van der Waals surface area contributed by atoms with Gasteiger partial charge < -0.3 is 0 Å². The lowest BCUT2D eigenvalue weighted by atomic mass is 10.1. The highest BCUT2D eigenvalue weighted by Crippen LogP contribution is 2.27. The number of nitrogen functional groups attached to an aromatic ring is 1. The van der Waals surface area contributed by atoms with Crippen LogP contribution < -0.4 is 17.0 Å². The molecule has 0 saturated heterocycles. The van der Waals surface area contributed by atoms with Crippen LogP contribution >= 0.6 is 0 Å². The third kappa shape index (κ3) is 4.02. The summed E-state index contributed by atoms with van der Waals surface area (Å²) >= 11 is 0. The van der Waals surface area contributed by atoms with Crippen molar-refractivity contribution >= 4 is 5.95 Å². The number of hydrogen-bond donors (Lipinski definition) is 3. The van der Waals surface area contributed by atoms with E-state index in [0.29, 0.717) is 12.2 Å². The maximum Gasteiger partial charge on any atom is 0.349 e. The van der Waals surface area contributed by atoms with Gasteiger partial charge in [-0.2, -0.15) is 9.97 Å². The smallest absolute Gasteiger partial charge is 0.293 e. The second-order valence-corrected chi connectivity index (χ2v) is 5.22. The minimum Gasteiger partial charge on any atom is -0.293 e. The van der Waals surface area contributed by atoms with Gasteiger partial charge in [0.2, 0.25) is 5.95 Å². The Morgan fingerprint density at radius 3 is 2.30 bits per heavy atom. The van der Waals surface area contributed by atoms with Crippen molar-refractivity contribution < 1.29 is 0 Å². The summed E-state index contributed by atoms with van der Waals surface area (Å²) in [5.41, 5.74) is 5.78. The molecule has 6 nitrogen and oxygen atoms in total. The van der Waals surface area contributed by atoms with Crippen LogP contribution in [0.25, 0.3) is 0 Å². The molecule has 1 aromatic heterocycles. The van der Waals surface area contributed by atoms with Gasteiger partial charge in [-0.3, -0.25) is 10.4 Å². The molecule has 0 fully saturated rings. The average Bonchev–Trinajstić information content (AvgIpc) is 3.21. The molecular weight excluding hydrogens is 290 g/mol. The zero-order valence-corrected chi connectivity index (χ0v) is 12.5. The molecule has 2 aromatic rings. The van der Waals surface area contributed by atoms with Crippen LogP contribution in [0.5, 0.6) is 0 Å². The molecule has 2 aliphatic rings. The predicted octanol–water partition coefficient (Wildman–Crippen LogP) is 1.85. The summed E-state index contributed by atoms with van der Waals surface area (Å²) in [6.45, 7) is 0. The molecule has 4 N–H and O–H groups in total. The number of anilines is 1. The fourth-order valence-electron chi connectivity index (χ4n) is 2.38. The van der Waals surface area contributed by atoms with Gasteiger partial charge in [-0.15, -0.1) is 0 Å². The zero-order valence-electron chi connectivity index (χ0n) is 12.5. The predicted molar refractivity (Wildman–Crippen MR) is 89.6 cm³/mol. The van der Waals surface area contributed by atoms with E-state index in [1.54, 1.807) is 0 Å². The minimum absolute atomic E-state index is 0.120. The van der Waals surface area contributed by atoms with Crippen LogP contribution in [0.1, 0.15) is 17.8 Å². The fourth-order valence-corrected chi connectivity index (χ4v) is 2.38. The minimum atomic E-state index is -0.464. The number of aromatic nitrogens is 3. The van der Waals surface area contributed by atoms with Crippen molar-refractivity contribution in [3.05, 3.63) is 87.7 Å². The molecule has 23 heavy (non-hydrogen) atoms. The number of fused-ring (bicyclic) bond motifs is 2. The first kappa shape index (κ1) is 14.9. The van der Waals surface area contributed by atoms with Gasteiger partial charge in [0.1, 0.15) is 5.82 Å². The number of aromatic amines is 1. The van der Waals surface area contributed by atoms with Crippen molar-refractivity contribution in [2.24, 2.45) is 5.84 Å². The van der Waals surface area contributed by atoms with Crippen LogP contribution in [0, 0.1) is 0 Å². The molecule has 0 unspecified atom stereocenters. The first-order valence-electron chi connectivity index (χ1n) is 7.28. The van der Waals surface area contributed by atoms with Crippen molar-refractivity contribution in [2.45, 2.75) is 12.8 Å². The zero-order chi connectivity index (χ0) is 16.1. The maximum absolute atomic E-state index is 11.2. The van der Waals surface area contributed by atoms with E-state index >= 15 is 0 Å². The lowest BCUT2D eigenvalue weighted by Crippen LogP contribution is -2.21. The normalized spacial score (nSPS) is 14.0. The number of nitrogens with two attached hydrogens (primary N) is 1. The van der Waals surface area contributed by atoms with E-state index in [-0.39, 0.29) is 5.95 Å². The third-order valence-corrected chi connectivity index (χ3v) is 3.47. The highest BCUT2D eigenvalue weighted by molar-refractivity contribution is 5.49. The van der Waals surface area contributed by atoms with Crippen molar-refractivity contribution in [2.75, 3.05) is 5.43 Å². The molecule has 2 bridgehead atoms. The Balaban J connectivity index is 0.000000183. The lowest BCUT2D eigenvalue weighted by molar-refractivity contribution is 0.882. The number of allylic oxidation sites excluding steroid dienone is 6. The van der Waals surface area contributed by atoms with Crippen molar-refractivity contribution in [3.8, 4) is 0 Å². The second kappa shape index (κ2) is 6.85. The monoisotopic (exact) mass is 307 g/mol. The van der Waals surface area contributed by atoms with E-state index in [1.165, 1.54) is 17.6 Å². The van der Waals surface area contributed by atoms with Crippen molar-refractivity contribution in [1.82, 2.24) is 15.0 Å². The summed E-state index contributed by atoms with van der Waals surface area (Å²) in [5.74, 6) is 5.80. The molecule has 1 aromatic carbocycles. The van der Waals surface area contributed by atoms with Crippen LogP contribution in [0.2, 0.25) is 0 Å². The SMILES string of the molecule is C1=CC2=CC=C1C2.NNc1nc(Cc2ccccc2)[nH]c(=O)n1. The Labute approximate surface area is 133 Å². The van der Waals surface area contributed by atoms with E-state index in [1.807, 2.05) is 30.3 Å². The standard InChI is InChI=1S/C10H11N5O.C7H6/c11-15-9-12-8(13-10(16)14-9)6-7-4-2-1-3-5-7;1-2-7-4-3-6(1)5-7/h1-5H,6,11H2,(H2,12,13,14,15,16);1-4H,5H2. The van der Waals surface area contributed by atoms with E-state index in [0.717, 1.165) is 5.56 Å². The Morgan fingerprint density at radius 2 is 1.78 bits per heavy atom. The molecule has 2 aliphatic carbocycles. The van der Waals surface area contributed by atoms with Crippen LogP contribution in [-0.4, -0.2) is 15.0 Å². The molecule has 1 heterocycles. The fraction of sp³-hybridized carbons (Fsp3) is 0.118. The Kier molecular flexibility index (Phi) is 4.44. The van der Waals surface area contributed by atoms with Gasteiger partial charge in [-0.05, 0) is 23.1 Å². The van der Waals surface area contributed by atoms with Crippen molar-refractivity contribution in [1.29, 1.82) is 0 Å². The molecule has 0 radical (unpaired) electrons. The first-order valence-corrected chi connectivity index (χ1v) is 7.28. The summed E-state index contributed by atoms with van der Waals surface area (Å²) in [6.07, 6.45) is 10.4. The van der Waals surface area contributed by atoms with Crippen LogP contribution in [0.15, 0.2) is 70.6 Å². The molecule has 6 heteroatoms. The largest absolute Gasteiger partial charge is 0.349 e. The van der Waals surface area contributed by atoms with E-state index in [4.69, 9.17) is 5.84 Å². The van der Waals surface area contributed by atoms with Gasteiger partial charge in [0, 0.05) is 6.42 Å². The van der Waals surface area contributed by atoms with E-state index < -0.39 is 5.69 Å². The number of hydrogen-bond acceptors (Lipinski definition) is 5. The van der Waals surface area contributed by atoms with Gasteiger partial charge in [-0.1, -0.05) is 54.6 Å². The van der Waals surface area contributed by atoms with Crippen LogP contribution in [0.3, 0.4) is 0 Å². The number of benzene rings is 1. The number of nitrogens with one attached hydrogen (secondary N) is 2. The Bertz CT molecular complexity index is 814. The number of H-pyrrole nitrogens is 1. The average molecular weight is 307 g/mol. The second-order valence-electron chi connectivity index (χ2n) is 5.22. The molecule has 116 valence electrons. The summed E-state index contributed by atoms with van der Waals surface area (Å²) in [7, 11) is 0. The Morgan fingerprint density at radius 1 is 1.09 bits per heavy atom. The topological polar surface area (TPSA) is 96.7 Å². The molecule has 4 rings (SSSR count). The van der Waals surface area contributed by atoms with Gasteiger partial charge in [-0.25, -0.2) is 10.6 Å². The van der Waals surface area contributed by atoms with Gasteiger partial charge >= 0.3 is 5.69 Å². The maximum atomic E-state index is 11.2. The highest BCUT2D eigenvalue weighted by Gasteiger charge is 2.07. The van der Waals surface area contributed by atoms with Gasteiger partial charge in [0.05, 0.1) is 0 Å². The Hall–Kier alpha value is -2.99. The number of hydrazine groups is 1. The first-order chi connectivity index (χ1) is 11.2. The van der Waals surface area contributed by atoms with Crippen LogP contribution in [-0.2, 0) is 6.42 Å². The quantitative estimate of drug-likeness (QED) is 0.594. The molecule has 0 spiro atoms. The summed E-state index contributed by atoms with van der Waals surface area (Å²) in [5, 5.41) is 0. The third-order valence-electron chi connectivity index (χ3n) is 3.47. The van der Waals surface area contributed by atoms with E-state index in [2.05, 4.69) is 44.7 Å². The van der Waals surface area contributed by atoms with Crippen molar-refractivity contribution in [3.63, 3.8) is 0 Å². The summed E-state index contributed by atoms with van der Waals surface area (Å²) < 4.78 is 0. The highest BCUT2D eigenvalue weighted by atomic mass is 16.1. The summed E-state index contributed by atoms with van der Waals surface area (Å²) in [6, 6.07) is 9.69. The van der Waals surface area contributed by atoms with E-state index in [9.17, 15) is 4.79 Å². The number of rotatable bonds is 3. The van der Waals surface area contributed by atoms with Gasteiger partial charge in [0.25, 0.3) is 0 Å². The molecule has 0 amide bonds.